The minimum Gasteiger partial charge on any atom is -0.378 e. The Kier molecular flexibility index (Phi) is 5.75. The molecule has 1 aromatic heterocycles. The number of carbonyl (C=O) groups is 3. The Bertz CT molecular complexity index is 982. The van der Waals surface area contributed by atoms with Crippen LogP contribution in [0.1, 0.15) is 35.7 Å². The van der Waals surface area contributed by atoms with Crippen LogP contribution in [0.25, 0.3) is 0 Å². The van der Waals surface area contributed by atoms with Crippen LogP contribution in [0.4, 0.5) is 10.5 Å². The first-order chi connectivity index (χ1) is 14.8. The quantitative estimate of drug-likeness (QED) is 0.725. The molecule has 31 heavy (non-hydrogen) atoms. The number of nitrogens with zero attached hydrogens (tertiary/aromatic N) is 3. The van der Waals surface area contributed by atoms with E-state index in [0.29, 0.717) is 38.0 Å². The lowest BCUT2D eigenvalue weighted by atomic mass is 9.78. The Morgan fingerprint density at radius 2 is 1.97 bits per heavy atom. The normalized spacial score (nSPS) is 22.0. The van der Waals surface area contributed by atoms with E-state index in [1.54, 1.807) is 11.3 Å². The second-order valence-electron chi connectivity index (χ2n) is 8.67. The molecule has 3 heterocycles. The molecule has 2 aromatic rings. The van der Waals surface area contributed by atoms with Gasteiger partial charge in [-0.3, -0.25) is 14.5 Å². The number of rotatable bonds is 5. The van der Waals surface area contributed by atoms with E-state index >= 15 is 0 Å². The van der Waals surface area contributed by atoms with Crippen LogP contribution < -0.4 is 10.2 Å². The van der Waals surface area contributed by atoms with Gasteiger partial charge >= 0.3 is 6.03 Å². The van der Waals surface area contributed by atoms with Gasteiger partial charge in [0, 0.05) is 38.4 Å². The topological polar surface area (TPSA) is 73.0 Å². The Hall–Kier alpha value is -2.87. The van der Waals surface area contributed by atoms with Crippen LogP contribution in [-0.4, -0.2) is 60.4 Å². The standard InChI is InChI=1S/C23H28N4O3S/c1-23(21(29)27(22(30)24-23)14-16-9-12-31-15-16)18-7-10-26(11-8-18)20(28)17-5-4-6-19(13-17)25(2)3/h4-6,9,12-13,15,18H,7-8,10-11,14H2,1-3H3,(H,24,30). The van der Waals surface area contributed by atoms with E-state index < -0.39 is 5.54 Å². The predicted octanol–water partition coefficient (Wildman–Crippen LogP) is 3.18. The number of anilines is 1. The van der Waals surface area contributed by atoms with Crippen LogP contribution in [0.15, 0.2) is 41.1 Å². The summed E-state index contributed by atoms with van der Waals surface area (Å²) in [5.41, 5.74) is 1.69. The summed E-state index contributed by atoms with van der Waals surface area (Å²) in [6.07, 6.45) is 1.35. The summed E-state index contributed by atoms with van der Waals surface area (Å²) < 4.78 is 0. The zero-order chi connectivity index (χ0) is 22.2. The van der Waals surface area contributed by atoms with Crippen molar-refractivity contribution in [1.29, 1.82) is 0 Å². The summed E-state index contributed by atoms with van der Waals surface area (Å²) in [6.45, 7) is 3.25. The molecule has 2 aliphatic rings. The van der Waals surface area contributed by atoms with Gasteiger partial charge in [-0.1, -0.05) is 6.07 Å². The number of imide groups is 1. The summed E-state index contributed by atoms with van der Waals surface area (Å²) in [7, 11) is 3.90. The van der Waals surface area contributed by atoms with Gasteiger partial charge in [0.05, 0.1) is 6.54 Å². The number of likely N-dealkylation sites (tertiary alicyclic amines) is 1. The van der Waals surface area contributed by atoms with Crippen molar-refractivity contribution < 1.29 is 14.4 Å². The first-order valence-electron chi connectivity index (χ1n) is 10.5. The number of piperidine rings is 1. The molecule has 2 aliphatic heterocycles. The van der Waals surface area contributed by atoms with Gasteiger partial charge in [0.15, 0.2) is 0 Å². The van der Waals surface area contributed by atoms with E-state index in [9.17, 15) is 14.4 Å². The van der Waals surface area contributed by atoms with Crippen LogP contribution in [0.5, 0.6) is 0 Å². The number of carbonyl (C=O) groups excluding carboxylic acids is 3. The number of nitrogens with one attached hydrogen (secondary N) is 1. The van der Waals surface area contributed by atoms with E-state index in [2.05, 4.69) is 5.32 Å². The van der Waals surface area contributed by atoms with Gasteiger partial charge in [-0.05, 0) is 66.3 Å². The maximum absolute atomic E-state index is 13.2. The van der Waals surface area contributed by atoms with Gasteiger partial charge in [0.1, 0.15) is 5.54 Å². The van der Waals surface area contributed by atoms with E-state index in [0.717, 1.165) is 11.3 Å². The molecule has 2 fully saturated rings. The lowest BCUT2D eigenvalue weighted by Crippen LogP contribution is -2.54. The minimum absolute atomic E-state index is 0.00594. The van der Waals surface area contributed by atoms with Gasteiger partial charge < -0.3 is 15.1 Å². The average molecular weight is 441 g/mol. The molecule has 0 saturated carbocycles. The maximum Gasteiger partial charge on any atom is 0.325 e. The SMILES string of the molecule is CN(C)c1cccc(C(=O)N2CCC(C3(C)NC(=O)N(Cc4ccsc4)C3=O)CC2)c1. The zero-order valence-electron chi connectivity index (χ0n) is 18.1. The fourth-order valence-electron chi connectivity index (χ4n) is 4.46. The molecule has 1 N–H and O–H groups in total. The molecule has 0 aliphatic carbocycles. The minimum atomic E-state index is -0.924. The summed E-state index contributed by atoms with van der Waals surface area (Å²) >= 11 is 1.55. The van der Waals surface area contributed by atoms with Crippen molar-refractivity contribution in [3.05, 3.63) is 52.2 Å². The van der Waals surface area contributed by atoms with Crippen molar-refractivity contribution >= 4 is 34.9 Å². The molecule has 4 rings (SSSR count). The fraction of sp³-hybridized carbons (Fsp3) is 0.435. The number of thiophene rings is 1. The number of urea groups is 1. The van der Waals surface area contributed by atoms with Gasteiger partial charge in [-0.15, -0.1) is 0 Å². The second kappa shape index (κ2) is 8.34. The third-order valence-electron chi connectivity index (χ3n) is 6.43. The molecule has 0 spiro atoms. The number of hydrogen-bond acceptors (Lipinski definition) is 5. The average Bonchev–Trinajstić information content (AvgIpc) is 3.36. The van der Waals surface area contributed by atoms with Crippen LogP contribution in [0.2, 0.25) is 0 Å². The number of hydrogen-bond donors (Lipinski definition) is 1. The van der Waals surface area contributed by atoms with Crippen LogP contribution in [0.3, 0.4) is 0 Å². The van der Waals surface area contributed by atoms with E-state index in [-0.39, 0.29) is 23.8 Å². The Morgan fingerprint density at radius 1 is 1.23 bits per heavy atom. The molecule has 2 saturated heterocycles. The van der Waals surface area contributed by atoms with Gasteiger partial charge in [0.25, 0.3) is 11.8 Å². The summed E-state index contributed by atoms with van der Waals surface area (Å²) in [6, 6.07) is 9.20. The molecule has 1 aromatic carbocycles. The Morgan fingerprint density at radius 3 is 2.61 bits per heavy atom. The largest absolute Gasteiger partial charge is 0.378 e. The Labute approximate surface area is 186 Å². The third-order valence-corrected chi connectivity index (χ3v) is 7.16. The highest BCUT2D eigenvalue weighted by Gasteiger charge is 2.52. The van der Waals surface area contributed by atoms with E-state index in [1.807, 2.05) is 71.9 Å². The van der Waals surface area contributed by atoms with Crippen LogP contribution in [0, 0.1) is 5.92 Å². The highest BCUT2D eigenvalue weighted by Crippen LogP contribution is 2.34. The van der Waals surface area contributed by atoms with Gasteiger partial charge in [0.2, 0.25) is 0 Å². The number of benzene rings is 1. The van der Waals surface area contributed by atoms with Crippen LogP contribution >= 0.6 is 11.3 Å². The van der Waals surface area contributed by atoms with Crippen molar-refractivity contribution in [3.63, 3.8) is 0 Å². The van der Waals surface area contributed by atoms with Gasteiger partial charge in [-0.2, -0.15) is 11.3 Å². The van der Waals surface area contributed by atoms with Crippen molar-refractivity contribution in [3.8, 4) is 0 Å². The molecule has 7 nitrogen and oxygen atoms in total. The molecule has 1 atom stereocenters. The first kappa shape index (κ1) is 21.4. The molecule has 8 heteroatoms. The first-order valence-corrected chi connectivity index (χ1v) is 11.5. The zero-order valence-corrected chi connectivity index (χ0v) is 18.9. The second-order valence-corrected chi connectivity index (χ2v) is 9.45. The molecular weight excluding hydrogens is 412 g/mol. The molecule has 0 bridgehead atoms. The lowest BCUT2D eigenvalue weighted by molar-refractivity contribution is -0.133. The van der Waals surface area contributed by atoms with Crippen LogP contribution in [-0.2, 0) is 11.3 Å². The molecule has 0 radical (unpaired) electrons. The highest BCUT2D eigenvalue weighted by atomic mass is 32.1. The Balaban J connectivity index is 1.41. The molecular formula is C23H28N4O3S. The monoisotopic (exact) mass is 440 g/mol. The van der Waals surface area contributed by atoms with E-state index in [1.165, 1.54) is 4.90 Å². The molecule has 1 unspecified atom stereocenters. The number of amides is 4. The van der Waals surface area contributed by atoms with Crippen molar-refractivity contribution in [2.75, 3.05) is 32.1 Å². The highest BCUT2D eigenvalue weighted by molar-refractivity contribution is 7.07. The third kappa shape index (κ3) is 4.04. The lowest BCUT2D eigenvalue weighted by Gasteiger charge is -2.39. The van der Waals surface area contributed by atoms with E-state index in [4.69, 9.17) is 0 Å². The maximum atomic E-state index is 13.2. The van der Waals surface area contributed by atoms with Gasteiger partial charge in [-0.25, -0.2) is 4.79 Å². The van der Waals surface area contributed by atoms with Crippen molar-refractivity contribution in [2.45, 2.75) is 31.8 Å². The van der Waals surface area contributed by atoms with Crippen molar-refractivity contribution in [2.24, 2.45) is 5.92 Å². The molecule has 164 valence electrons. The smallest absolute Gasteiger partial charge is 0.325 e. The van der Waals surface area contributed by atoms with Crippen molar-refractivity contribution in [1.82, 2.24) is 15.1 Å². The fourth-order valence-corrected chi connectivity index (χ4v) is 5.12. The molecule has 4 amide bonds. The summed E-state index contributed by atoms with van der Waals surface area (Å²) in [4.78, 5) is 43.8. The summed E-state index contributed by atoms with van der Waals surface area (Å²) in [5.74, 6) is -0.172. The summed E-state index contributed by atoms with van der Waals surface area (Å²) in [5, 5.41) is 6.83. The predicted molar refractivity (Wildman–Crippen MR) is 121 cm³/mol.